The molecular weight excluding hydrogens is 232 g/mol. The monoisotopic (exact) mass is 254 g/mol. The summed E-state index contributed by atoms with van der Waals surface area (Å²) < 4.78 is 0. The molecule has 0 aliphatic heterocycles. The number of carboxylic acids is 1. The van der Waals surface area contributed by atoms with E-state index >= 15 is 0 Å². The summed E-state index contributed by atoms with van der Waals surface area (Å²) in [6.07, 6.45) is 5.60. The fourth-order valence-electron chi connectivity index (χ4n) is 2.82. The summed E-state index contributed by atoms with van der Waals surface area (Å²) in [6.45, 7) is 2.90. The van der Waals surface area contributed by atoms with Crippen LogP contribution < -0.4 is 10.6 Å². The summed E-state index contributed by atoms with van der Waals surface area (Å²) in [6, 6.07) is -0.139. The summed E-state index contributed by atoms with van der Waals surface area (Å²) in [7, 11) is 0. The minimum Gasteiger partial charge on any atom is -0.481 e. The van der Waals surface area contributed by atoms with Crippen LogP contribution in [0.2, 0.25) is 0 Å². The maximum atomic E-state index is 11.7. The van der Waals surface area contributed by atoms with Crippen LogP contribution in [0.15, 0.2) is 0 Å². The number of rotatable bonds is 4. The van der Waals surface area contributed by atoms with Crippen molar-refractivity contribution >= 4 is 12.0 Å². The largest absolute Gasteiger partial charge is 0.481 e. The zero-order valence-corrected chi connectivity index (χ0v) is 10.9. The maximum Gasteiger partial charge on any atom is 0.315 e. The Bertz CT molecular complexity index is 339. The van der Waals surface area contributed by atoms with E-state index in [1.807, 2.05) is 0 Å². The molecule has 5 nitrogen and oxygen atoms in total. The predicted octanol–water partition coefficient (Wildman–Crippen LogP) is 1.73. The topological polar surface area (TPSA) is 78.4 Å². The van der Waals surface area contributed by atoms with Gasteiger partial charge in [-0.2, -0.15) is 0 Å². The van der Waals surface area contributed by atoms with Gasteiger partial charge >= 0.3 is 12.0 Å². The number of carbonyl (C=O) groups excluding carboxylic acids is 1. The summed E-state index contributed by atoms with van der Waals surface area (Å²) in [4.78, 5) is 22.5. The zero-order chi connectivity index (χ0) is 13.2. The van der Waals surface area contributed by atoms with Gasteiger partial charge in [0.05, 0.1) is 5.92 Å². The third kappa shape index (κ3) is 3.15. The Hall–Kier alpha value is -1.26. The molecule has 0 radical (unpaired) electrons. The Balaban J connectivity index is 1.67. The second-order valence-electron chi connectivity index (χ2n) is 6.04. The number of nitrogens with one attached hydrogen (secondary N) is 2. The second-order valence-corrected chi connectivity index (χ2v) is 6.04. The molecule has 2 rings (SSSR count). The Morgan fingerprint density at radius 3 is 2.56 bits per heavy atom. The number of hydrogen-bond donors (Lipinski definition) is 3. The van der Waals surface area contributed by atoms with Gasteiger partial charge in [-0.1, -0.05) is 13.3 Å². The van der Waals surface area contributed by atoms with Crippen molar-refractivity contribution in [1.29, 1.82) is 0 Å². The summed E-state index contributed by atoms with van der Waals surface area (Å²) in [5, 5.41) is 14.7. The van der Waals surface area contributed by atoms with Crippen LogP contribution in [-0.2, 0) is 4.79 Å². The quantitative estimate of drug-likeness (QED) is 0.715. The van der Waals surface area contributed by atoms with Crippen LogP contribution in [0.5, 0.6) is 0 Å². The third-order valence-corrected chi connectivity index (χ3v) is 4.35. The van der Waals surface area contributed by atoms with Crippen LogP contribution in [0.3, 0.4) is 0 Å². The number of hydrogen-bond acceptors (Lipinski definition) is 2. The fraction of sp³-hybridized carbons (Fsp3) is 0.846. The summed E-state index contributed by atoms with van der Waals surface area (Å²) in [5.41, 5.74) is 0.274. The number of amides is 2. The molecule has 0 bridgehead atoms. The molecule has 2 aliphatic carbocycles. The average molecular weight is 254 g/mol. The smallest absolute Gasteiger partial charge is 0.315 e. The van der Waals surface area contributed by atoms with Crippen molar-refractivity contribution in [2.24, 2.45) is 11.3 Å². The van der Waals surface area contributed by atoms with E-state index in [9.17, 15) is 9.59 Å². The lowest BCUT2D eigenvalue weighted by molar-refractivity contribution is -0.141. The van der Waals surface area contributed by atoms with Crippen molar-refractivity contribution in [3.8, 4) is 0 Å². The average Bonchev–Trinajstić information content (AvgIpc) is 2.72. The molecule has 0 aromatic heterocycles. The van der Waals surface area contributed by atoms with Crippen LogP contribution in [0.1, 0.15) is 45.4 Å². The van der Waals surface area contributed by atoms with Crippen LogP contribution in [0.4, 0.5) is 4.79 Å². The van der Waals surface area contributed by atoms with E-state index in [-0.39, 0.29) is 23.4 Å². The molecule has 2 amide bonds. The van der Waals surface area contributed by atoms with Gasteiger partial charge in [0.2, 0.25) is 0 Å². The standard InChI is InChI=1S/C13H22N2O3/c1-13(5-2-6-13)8-14-12(18)15-10-4-3-9(7-10)11(16)17/h9-10H,2-8H2,1H3,(H,16,17)(H2,14,15,18)/t9-,10+/m1/s1. The maximum absolute atomic E-state index is 11.7. The predicted molar refractivity (Wildman–Crippen MR) is 67.3 cm³/mol. The highest BCUT2D eigenvalue weighted by molar-refractivity contribution is 5.75. The lowest BCUT2D eigenvalue weighted by Crippen LogP contribution is -2.46. The molecule has 2 saturated carbocycles. The SMILES string of the molecule is CC1(CNC(=O)N[C@H]2CC[C@@H](C(=O)O)C2)CCC1. The first-order valence-corrected chi connectivity index (χ1v) is 6.76. The fourth-order valence-corrected chi connectivity index (χ4v) is 2.82. The first-order chi connectivity index (χ1) is 8.48. The number of carbonyl (C=O) groups is 2. The van der Waals surface area contributed by atoms with Crippen LogP contribution in [0.25, 0.3) is 0 Å². The van der Waals surface area contributed by atoms with Gasteiger partial charge in [-0.25, -0.2) is 4.79 Å². The van der Waals surface area contributed by atoms with E-state index in [2.05, 4.69) is 17.6 Å². The second kappa shape index (κ2) is 5.16. The van der Waals surface area contributed by atoms with E-state index < -0.39 is 5.97 Å². The van der Waals surface area contributed by atoms with Crippen molar-refractivity contribution in [3.05, 3.63) is 0 Å². The molecule has 0 aromatic carbocycles. The first-order valence-electron chi connectivity index (χ1n) is 6.76. The molecule has 3 N–H and O–H groups in total. The Morgan fingerprint density at radius 2 is 2.06 bits per heavy atom. The van der Waals surface area contributed by atoms with Gasteiger partial charge in [0, 0.05) is 12.6 Å². The minimum absolute atomic E-state index is 0.0142. The van der Waals surface area contributed by atoms with Crippen molar-refractivity contribution in [2.45, 2.75) is 51.5 Å². The Labute approximate surface area is 107 Å². The van der Waals surface area contributed by atoms with E-state index in [1.165, 1.54) is 19.3 Å². The molecule has 0 aromatic rings. The summed E-state index contributed by atoms with van der Waals surface area (Å²) in [5.74, 6) is -1.04. The highest BCUT2D eigenvalue weighted by atomic mass is 16.4. The lowest BCUT2D eigenvalue weighted by atomic mass is 9.70. The van der Waals surface area contributed by atoms with E-state index in [0.717, 1.165) is 6.42 Å². The zero-order valence-electron chi connectivity index (χ0n) is 10.9. The lowest BCUT2D eigenvalue weighted by Gasteiger charge is -2.38. The van der Waals surface area contributed by atoms with Crippen molar-refractivity contribution < 1.29 is 14.7 Å². The van der Waals surface area contributed by atoms with Crippen LogP contribution in [-0.4, -0.2) is 29.7 Å². The van der Waals surface area contributed by atoms with Gasteiger partial charge in [0.25, 0.3) is 0 Å². The minimum atomic E-state index is -0.748. The first kappa shape index (κ1) is 13.2. The van der Waals surface area contributed by atoms with Gasteiger partial charge in [-0.3, -0.25) is 4.79 Å². The molecule has 2 atom stereocenters. The number of aliphatic carboxylic acids is 1. The highest BCUT2D eigenvalue weighted by Crippen LogP contribution is 2.39. The Kier molecular flexibility index (Phi) is 3.78. The molecule has 18 heavy (non-hydrogen) atoms. The molecule has 102 valence electrons. The van der Waals surface area contributed by atoms with Gasteiger partial charge < -0.3 is 15.7 Å². The van der Waals surface area contributed by atoms with Crippen LogP contribution in [0, 0.1) is 11.3 Å². The number of carboxylic acid groups (broad SMARTS) is 1. The molecule has 0 spiro atoms. The normalized spacial score (nSPS) is 29.4. The summed E-state index contributed by atoms with van der Waals surface area (Å²) >= 11 is 0. The molecule has 0 heterocycles. The van der Waals surface area contributed by atoms with Crippen molar-refractivity contribution in [1.82, 2.24) is 10.6 Å². The number of urea groups is 1. The van der Waals surface area contributed by atoms with Gasteiger partial charge in [-0.05, 0) is 37.5 Å². The molecular formula is C13H22N2O3. The molecule has 2 aliphatic rings. The van der Waals surface area contributed by atoms with E-state index in [0.29, 0.717) is 19.4 Å². The molecule has 0 saturated heterocycles. The molecule has 2 fully saturated rings. The van der Waals surface area contributed by atoms with E-state index in [4.69, 9.17) is 5.11 Å². The van der Waals surface area contributed by atoms with Gasteiger partial charge in [-0.15, -0.1) is 0 Å². The van der Waals surface area contributed by atoms with Crippen molar-refractivity contribution in [2.75, 3.05) is 6.54 Å². The van der Waals surface area contributed by atoms with Crippen molar-refractivity contribution in [3.63, 3.8) is 0 Å². The van der Waals surface area contributed by atoms with Gasteiger partial charge in [0.15, 0.2) is 0 Å². The van der Waals surface area contributed by atoms with Gasteiger partial charge in [0.1, 0.15) is 0 Å². The third-order valence-electron chi connectivity index (χ3n) is 4.35. The molecule has 5 heteroatoms. The van der Waals surface area contributed by atoms with E-state index in [1.54, 1.807) is 0 Å². The van der Waals surface area contributed by atoms with Crippen LogP contribution >= 0.6 is 0 Å². The highest BCUT2D eigenvalue weighted by Gasteiger charge is 2.33. The Morgan fingerprint density at radius 1 is 1.33 bits per heavy atom. The molecule has 0 unspecified atom stereocenters.